The molecule has 0 spiro atoms. The van der Waals surface area contributed by atoms with E-state index in [0.717, 1.165) is 130 Å². The van der Waals surface area contributed by atoms with E-state index in [1.807, 2.05) is 72.8 Å². The van der Waals surface area contributed by atoms with Gasteiger partial charge in [-0.2, -0.15) is 0 Å². The highest BCUT2D eigenvalue weighted by Gasteiger charge is 2.36. The molecule has 14 rings (SSSR count). The van der Waals surface area contributed by atoms with Crippen molar-refractivity contribution in [3.8, 4) is 73.9 Å². The van der Waals surface area contributed by atoms with Crippen molar-refractivity contribution in [2.75, 3.05) is 9.80 Å². The maximum absolute atomic E-state index is 6.64. The molecule has 10 aromatic rings. The molecule has 4 aliphatic rings. The lowest BCUT2D eigenvalue weighted by Gasteiger charge is -2.38. The van der Waals surface area contributed by atoms with E-state index in [1.54, 1.807) is 0 Å². The Bertz CT molecular complexity index is 3450. The Balaban J connectivity index is 0.926. The first-order chi connectivity index (χ1) is 30.2. The Labute approximate surface area is 350 Å². The van der Waals surface area contributed by atoms with E-state index >= 15 is 0 Å². The van der Waals surface area contributed by atoms with Crippen molar-refractivity contribution in [2.45, 2.75) is 0 Å². The van der Waals surface area contributed by atoms with Crippen LogP contribution in [0, 0.1) is 0 Å². The van der Waals surface area contributed by atoms with Crippen LogP contribution in [-0.2, 0) is 0 Å². The van der Waals surface area contributed by atoms with Gasteiger partial charge in [0, 0.05) is 16.5 Å². The van der Waals surface area contributed by atoms with E-state index in [9.17, 15) is 0 Å². The van der Waals surface area contributed by atoms with Gasteiger partial charge >= 0.3 is 0 Å². The third-order valence-electron chi connectivity index (χ3n) is 12.3. The van der Waals surface area contributed by atoms with Crippen LogP contribution in [0.1, 0.15) is 0 Å². The lowest BCUT2D eigenvalue weighted by atomic mass is 9.98. The lowest BCUT2D eigenvalue weighted by Crippen LogP contribution is -2.20. The van der Waals surface area contributed by atoms with Crippen molar-refractivity contribution in [1.82, 2.24) is 4.57 Å². The van der Waals surface area contributed by atoms with E-state index in [-0.39, 0.29) is 0 Å². The van der Waals surface area contributed by atoms with Crippen LogP contribution in [0.2, 0.25) is 0 Å². The largest absolute Gasteiger partial charge is 0.453 e. The number of ether oxygens (including phenoxy) is 4. The standard InChI is InChI=1S/C54H31N3O4/c1-2-11-36(12-3-1)55-39-24-21-32(34-23-26-44-50(29-34)61-49-20-10-19-48-53(49)57(44)41-13-4-7-16-45(41)58-48)27-37(39)38-28-33(22-25-40(38)55)35-30-51-54-52(31-35)60-47-18-9-6-15-43(47)56(54)42-14-5-8-17-46(42)59-51/h1-31H. The first-order valence-corrected chi connectivity index (χ1v) is 20.4. The van der Waals surface area contributed by atoms with Gasteiger partial charge in [0.05, 0.1) is 33.8 Å². The predicted molar refractivity (Wildman–Crippen MR) is 241 cm³/mol. The van der Waals surface area contributed by atoms with Crippen molar-refractivity contribution >= 4 is 55.9 Å². The minimum Gasteiger partial charge on any atom is -0.453 e. The summed E-state index contributed by atoms with van der Waals surface area (Å²) < 4.78 is 28.6. The number of rotatable bonds is 3. The van der Waals surface area contributed by atoms with Gasteiger partial charge in [-0.05, 0) is 131 Å². The summed E-state index contributed by atoms with van der Waals surface area (Å²) in [5.74, 6) is 6.26. The first kappa shape index (κ1) is 32.5. The fourth-order valence-electron chi connectivity index (χ4n) is 9.61. The summed E-state index contributed by atoms with van der Waals surface area (Å²) >= 11 is 0. The zero-order valence-corrected chi connectivity index (χ0v) is 32.4. The SMILES string of the molecule is c1ccc(-n2c3ccc(-c4ccc5c(c4)Oc4cccc6c4N5c4ccccc4O6)cc3c3cc(-c4cc5c6c(c4)Oc4ccccc4N6c4ccccc4O5)ccc32)cc1. The van der Waals surface area contributed by atoms with Gasteiger partial charge in [0.2, 0.25) is 0 Å². The zero-order valence-electron chi connectivity index (χ0n) is 32.4. The molecule has 286 valence electrons. The predicted octanol–water partition coefficient (Wildman–Crippen LogP) is 15.5. The van der Waals surface area contributed by atoms with Gasteiger partial charge in [-0.15, -0.1) is 0 Å². The topological polar surface area (TPSA) is 48.3 Å². The molecular formula is C54H31N3O4. The molecule has 0 N–H and O–H groups in total. The van der Waals surface area contributed by atoms with Gasteiger partial charge < -0.3 is 23.5 Å². The molecule has 7 heteroatoms. The number of benzene rings is 9. The summed E-state index contributed by atoms with van der Waals surface area (Å²) in [6.45, 7) is 0. The Morgan fingerprint density at radius 3 is 1.28 bits per heavy atom. The molecule has 5 heterocycles. The number of fused-ring (bicyclic) bond motifs is 11. The molecule has 0 aliphatic carbocycles. The second-order valence-corrected chi connectivity index (χ2v) is 15.7. The second-order valence-electron chi connectivity index (χ2n) is 15.7. The molecule has 0 fully saturated rings. The van der Waals surface area contributed by atoms with Gasteiger partial charge in [0.15, 0.2) is 46.0 Å². The summed E-state index contributed by atoms with van der Waals surface area (Å²) in [5, 5.41) is 2.29. The van der Waals surface area contributed by atoms with Crippen molar-refractivity contribution in [3.05, 3.63) is 188 Å². The molecule has 0 saturated carbocycles. The van der Waals surface area contributed by atoms with E-state index in [2.05, 4.69) is 130 Å². The molecule has 0 bridgehead atoms. The summed E-state index contributed by atoms with van der Waals surface area (Å²) in [5.41, 5.74) is 13.3. The molecule has 1 aromatic heterocycles. The van der Waals surface area contributed by atoms with Gasteiger partial charge in [-0.25, -0.2) is 0 Å². The number of hydrogen-bond acceptors (Lipinski definition) is 6. The summed E-state index contributed by atoms with van der Waals surface area (Å²) in [6, 6.07) is 65.4. The zero-order chi connectivity index (χ0) is 39.8. The molecule has 0 atom stereocenters. The molecule has 0 saturated heterocycles. The fraction of sp³-hybridized carbons (Fsp3) is 0. The molecule has 0 amide bonds. The average Bonchev–Trinajstić information content (AvgIpc) is 3.64. The Kier molecular flexibility index (Phi) is 6.43. The highest BCUT2D eigenvalue weighted by Crippen LogP contribution is 2.62. The van der Waals surface area contributed by atoms with Crippen LogP contribution in [-0.4, -0.2) is 4.57 Å². The normalized spacial score (nSPS) is 13.4. The Morgan fingerprint density at radius 1 is 0.279 bits per heavy atom. The van der Waals surface area contributed by atoms with Gasteiger partial charge in [0.1, 0.15) is 11.4 Å². The summed E-state index contributed by atoms with van der Waals surface area (Å²) in [6.07, 6.45) is 0. The maximum Gasteiger partial charge on any atom is 0.156 e. The van der Waals surface area contributed by atoms with E-state index in [1.165, 1.54) is 0 Å². The molecule has 61 heavy (non-hydrogen) atoms. The number of para-hydroxylation sites is 8. The number of nitrogens with zero attached hydrogens (tertiary/aromatic N) is 3. The van der Waals surface area contributed by atoms with E-state index in [0.29, 0.717) is 0 Å². The monoisotopic (exact) mass is 785 g/mol. The van der Waals surface area contributed by atoms with Crippen molar-refractivity contribution < 1.29 is 18.9 Å². The van der Waals surface area contributed by atoms with Crippen LogP contribution in [0.5, 0.6) is 46.0 Å². The third-order valence-corrected chi connectivity index (χ3v) is 12.3. The average molecular weight is 786 g/mol. The molecule has 4 aliphatic heterocycles. The van der Waals surface area contributed by atoms with Crippen LogP contribution in [0.4, 0.5) is 34.1 Å². The van der Waals surface area contributed by atoms with Gasteiger partial charge in [0.25, 0.3) is 0 Å². The van der Waals surface area contributed by atoms with E-state index in [4.69, 9.17) is 18.9 Å². The number of hydrogen-bond donors (Lipinski definition) is 0. The first-order valence-electron chi connectivity index (χ1n) is 20.4. The number of anilines is 6. The highest BCUT2D eigenvalue weighted by molar-refractivity contribution is 6.12. The Morgan fingerprint density at radius 2 is 0.689 bits per heavy atom. The lowest BCUT2D eigenvalue weighted by molar-refractivity contribution is 0.445. The van der Waals surface area contributed by atoms with Crippen LogP contribution in [0.3, 0.4) is 0 Å². The van der Waals surface area contributed by atoms with Crippen molar-refractivity contribution in [2.24, 2.45) is 0 Å². The summed E-state index contributed by atoms with van der Waals surface area (Å²) in [7, 11) is 0. The molecule has 9 aromatic carbocycles. The van der Waals surface area contributed by atoms with Crippen LogP contribution >= 0.6 is 0 Å². The Hall–Kier alpha value is -8.42. The minimum atomic E-state index is 0.754. The van der Waals surface area contributed by atoms with Gasteiger partial charge in [-0.1, -0.05) is 78.9 Å². The summed E-state index contributed by atoms with van der Waals surface area (Å²) in [4.78, 5) is 4.51. The quantitative estimate of drug-likeness (QED) is 0.178. The third kappa shape index (κ3) is 4.62. The van der Waals surface area contributed by atoms with Crippen molar-refractivity contribution in [3.63, 3.8) is 0 Å². The van der Waals surface area contributed by atoms with Crippen molar-refractivity contribution in [1.29, 1.82) is 0 Å². The second kappa shape index (κ2) is 12.1. The van der Waals surface area contributed by atoms with Gasteiger partial charge in [-0.3, -0.25) is 9.80 Å². The minimum absolute atomic E-state index is 0.754. The van der Waals surface area contributed by atoms with Crippen LogP contribution in [0.25, 0.3) is 49.7 Å². The smallest absolute Gasteiger partial charge is 0.156 e. The molecule has 0 radical (unpaired) electrons. The maximum atomic E-state index is 6.64. The van der Waals surface area contributed by atoms with Crippen LogP contribution < -0.4 is 28.7 Å². The number of aromatic nitrogens is 1. The van der Waals surface area contributed by atoms with Crippen LogP contribution in [0.15, 0.2) is 188 Å². The fourth-order valence-corrected chi connectivity index (χ4v) is 9.61. The van der Waals surface area contributed by atoms with E-state index < -0.39 is 0 Å². The highest BCUT2D eigenvalue weighted by atomic mass is 16.5. The molecule has 0 unspecified atom stereocenters. The molecular weight excluding hydrogens is 755 g/mol. The molecule has 7 nitrogen and oxygen atoms in total.